The van der Waals surface area contributed by atoms with Gasteiger partial charge in [-0.3, -0.25) is 0 Å². The van der Waals surface area contributed by atoms with Gasteiger partial charge in [0.25, 0.3) is 8.32 Å². The Morgan fingerprint density at radius 1 is 0.529 bits per heavy atom. The van der Waals surface area contributed by atoms with E-state index in [0.717, 1.165) is 22.6 Å². The summed E-state index contributed by atoms with van der Waals surface area (Å²) < 4.78 is 66.3. The van der Waals surface area contributed by atoms with Crippen LogP contribution in [-0.4, -0.2) is 114 Å². The molecule has 0 spiro atoms. The average molecular weight is 1180 g/mol. The van der Waals surface area contributed by atoms with E-state index in [2.05, 4.69) is 69.3 Å². The number of esters is 2. The fraction of sp³-hybridized carbons (Fsp3) is 0.400. The molecule has 0 aliphatic carbocycles. The second-order valence-electron chi connectivity index (χ2n) is 22.8. The Morgan fingerprint density at radius 2 is 0.906 bits per heavy atom. The summed E-state index contributed by atoms with van der Waals surface area (Å²) in [7, 11) is 0.533. The maximum Gasteiger partial charge on any atom is 0.338 e. The first-order valence-corrected chi connectivity index (χ1v) is 31.2. The van der Waals surface area contributed by atoms with E-state index in [1.807, 2.05) is 137 Å². The van der Waals surface area contributed by atoms with Gasteiger partial charge in [0, 0.05) is 13.2 Å². The van der Waals surface area contributed by atoms with E-state index < -0.39 is 62.4 Å². The zero-order valence-electron chi connectivity index (χ0n) is 50.8. The molecular weight excluding hydrogens is 1090 g/mol. The number of hydrogen-bond donors (Lipinski definition) is 1. The lowest BCUT2D eigenvalue weighted by Crippen LogP contribution is -2.66. The maximum atomic E-state index is 13.4. The van der Waals surface area contributed by atoms with Crippen LogP contribution in [0.5, 0.6) is 11.5 Å². The van der Waals surface area contributed by atoms with Crippen LogP contribution in [-0.2, 0) is 55.5 Å². The van der Waals surface area contributed by atoms with Gasteiger partial charge in [0.1, 0.15) is 35.9 Å². The highest BCUT2D eigenvalue weighted by atomic mass is 28.4. The van der Waals surface area contributed by atoms with E-state index >= 15 is 0 Å². The van der Waals surface area contributed by atoms with Crippen molar-refractivity contribution in [1.29, 1.82) is 0 Å². The van der Waals surface area contributed by atoms with E-state index in [-0.39, 0.29) is 17.7 Å². The topological polar surface area (TPSA) is 156 Å². The summed E-state index contributed by atoms with van der Waals surface area (Å²) in [5.41, 5.74) is 3.06. The number of benzene rings is 6. The Morgan fingerprint density at radius 3 is 1.27 bits per heavy atom. The summed E-state index contributed by atoms with van der Waals surface area (Å²) in [6.45, 7) is 16.6. The van der Waals surface area contributed by atoms with Gasteiger partial charge in [-0.15, -0.1) is 0 Å². The second kappa shape index (κ2) is 32.1. The normalized spacial score (nSPS) is 19.0. The monoisotopic (exact) mass is 1180 g/mol. The molecule has 2 aliphatic heterocycles. The minimum absolute atomic E-state index is 0.0527. The molecule has 4 unspecified atom stereocenters. The van der Waals surface area contributed by atoms with Crippen molar-refractivity contribution in [3.05, 3.63) is 216 Å². The molecule has 0 bridgehead atoms. The molecule has 15 heteroatoms. The third-order valence-corrected chi connectivity index (χ3v) is 19.6. The molecule has 85 heavy (non-hydrogen) atoms. The lowest BCUT2D eigenvalue weighted by Gasteiger charge is -2.43. The Labute approximate surface area is 504 Å². The van der Waals surface area contributed by atoms with Gasteiger partial charge < -0.3 is 56.9 Å². The van der Waals surface area contributed by atoms with Crippen LogP contribution in [0.4, 0.5) is 0 Å². The number of aliphatic hydroxyl groups is 1. The van der Waals surface area contributed by atoms with E-state index in [0.29, 0.717) is 69.8 Å². The molecule has 6 aromatic rings. The Kier molecular flexibility index (Phi) is 24.8. The molecule has 6 aromatic carbocycles. The SMILES string of the molecule is COc1ccc(COCC/C=C\C(OC(=O)c2ccccc2)C2OC(C)(C)O[C@H]2CCO)cc1.COc1ccc(COCC/C=C\C(OC(=O)c2ccccc2)C2OC(C)(C)O[C@H]2CCO[Si](c2ccccc2)(c2ccccc2)C(C)(C)C)cc1. The molecule has 0 aromatic heterocycles. The Bertz CT molecular complexity index is 2930. The maximum absolute atomic E-state index is 13.4. The van der Waals surface area contributed by atoms with Crippen molar-refractivity contribution in [2.24, 2.45) is 0 Å². The molecule has 2 heterocycles. The molecule has 2 aliphatic rings. The minimum atomic E-state index is -2.76. The van der Waals surface area contributed by atoms with Gasteiger partial charge in [-0.2, -0.15) is 0 Å². The van der Waals surface area contributed by atoms with E-state index in [1.54, 1.807) is 50.6 Å². The fourth-order valence-corrected chi connectivity index (χ4v) is 15.1. The fourth-order valence-electron chi connectivity index (χ4n) is 10.5. The highest BCUT2D eigenvalue weighted by Gasteiger charge is 2.51. The molecule has 1 N–H and O–H groups in total. The smallest absolute Gasteiger partial charge is 0.338 e. The second-order valence-corrected chi connectivity index (χ2v) is 27.1. The predicted octanol–water partition coefficient (Wildman–Crippen LogP) is 12.2. The third kappa shape index (κ3) is 19.4. The molecule has 8 rings (SSSR count). The van der Waals surface area contributed by atoms with Crippen LogP contribution in [0.15, 0.2) is 194 Å². The first-order valence-electron chi connectivity index (χ1n) is 29.3. The first-order chi connectivity index (χ1) is 40.9. The highest BCUT2D eigenvalue weighted by molar-refractivity contribution is 6.99. The molecule has 0 saturated carbocycles. The minimum Gasteiger partial charge on any atom is -0.497 e. The van der Waals surface area contributed by atoms with E-state index in [1.165, 1.54) is 10.4 Å². The predicted molar refractivity (Wildman–Crippen MR) is 332 cm³/mol. The van der Waals surface area contributed by atoms with Crippen LogP contribution in [0.2, 0.25) is 5.04 Å². The van der Waals surface area contributed by atoms with Crippen molar-refractivity contribution in [3.63, 3.8) is 0 Å². The van der Waals surface area contributed by atoms with E-state index in [9.17, 15) is 14.7 Å². The average Bonchev–Trinajstić information content (AvgIpc) is 2.08. The summed E-state index contributed by atoms with van der Waals surface area (Å²) in [4.78, 5) is 26.1. The Hall–Kier alpha value is -6.76. The molecular formula is C70H86O14Si. The standard InChI is InChI=1S/C43H52O7Si.C27H34O7/c1-42(2,3)51(36-20-12-8-13-21-36,37-22-14-9-15-23-37)47-31-29-39-40(50-43(4,5)49-39)38(48-41(44)34-18-10-7-11-19-34)24-16-17-30-46-32-33-25-27-35(45-6)28-26-33;1-27(2)33-24(16-17-28)25(34-27)23(32-26(29)21-9-5-4-6-10-21)11-7-8-18-31-19-20-12-14-22(30-3)15-13-20/h7-16,18-28,38-40H,17,29-32H2,1-6H3;4-7,9-15,23-25,28H,8,16-19H2,1-3H3/b24-16-;11-7-/t38?,39-,40?;23?,24-,25?/m00/s1. The summed E-state index contributed by atoms with van der Waals surface area (Å²) in [5, 5.41) is 11.7. The number of methoxy groups -OCH3 is 2. The molecule has 2 fully saturated rings. The number of rotatable bonds is 28. The van der Waals surface area contributed by atoms with Crippen molar-refractivity contribution < 1.29 is 66.5 Å². The number of carbonyl (C=O) groups is 2. The molecule has 6 atom stereocenters. The van der Waals surface area contributed by atoms with Crippen LogP contribution in [0.25, 0.3) is 0 Å². The van der Waals surface area contributed by atoms with Gasteiger partial charge in [-0.05, 0) is 141 Å². The molecule has 2 saturated heterocycles. The molecule has 0 amide bonds. The van der Waals surface area contributed by atoms with Crippen molar-refractivity contribution in [1.82, 2.24) is 0 Å². The molecule has 0 radical (unpaired) electrons. The van der Waals surface area contributed by atoms with Gasteiger partial charge in [0.15, 0.2) is 11.6 Å². The van der Waals surface area contributed by atoms with Crippen molar-refractivity contribution >= 4 is 30.6 Å². The quantitative estimate of drug-likeness (QED) is 0.0214. The third-order valence-electron chi connectivity index (χ3n) is 14.5. The summed E-state index contributed by atoms with van der Waals surface area (Å²) in [6.07, 6.45) is 6.59. The van der Waals surface area contributed by atoms with Crippen LogP contribution < -0.4 is 19.8 Å². The zero-order valence-corrected chi connectivity index (χ0v) is 51.8. The van der Waals surface area contributed by atoms with Crippen LogP contribution in [0, 0.1) is 0 Å². The molecule has 454 valence electrons. The van der Waals surface area contributed by atoms with Gasteiger partial charge in [0.05, 0.1) is 64.0 Å². The van der Waals surface area contributed by atoms with Crippen molar-refractivity contribution in [2.45, 2.75) is 141 Å². The number of ether oxygens (including phenoxy) is 10. The van der Waals surface area contributed by atoms with Gasteiger partial charge in [-0.1, -0.05) is 154 Å². The van der Waals surface area contributed by atoms with Gasteiger partial charge >= 0.3 is 11.9 Å². The zero-order chi connectivity index (χ0) is 60.7. The lowest BCUT2D eigenvalue weighted by molar-refractivity contribution is -0.154. The summed E-state index contributed by atoms with van der Waals surface area (Å²) in [6, 6.07) is 54.6. The van der Waals surface area contributed by atoms with Crippen molar-refractivity contribution in [3.8, 4) is 11.5 Å². The lowest BCUT2D eigenvalue weighted by atomic mass is 10.0. The Balaban J connectivity index is 0.000000264. The van der Waals surface area contributed by atoms with Crippen LogP contribution in [0.1, 0.15) is 106 Å². The highest BCUT2D eigenvalue weighted by Crippen LogP contribution is 2.39. The number of carbonyl (C=O) groups excluding carboxylic acids is 2. The van der Waals surface area contributed by atoms with Gasteiger partial charge in [0.2, 0.25) is 0 Å². The summed E-state index contributed by atoms with van der Waals surface area (Å²) in [5.74, 6) is -0.953. The first kappa shape index (κ1) is 65.8. The number of aliphatic hydroxyl groups excluding tert-OH is 1. The van der Waals surface area contributed by atoms with Crippen LogP contribution >= 0.6 is 0 Å². The number of hydrogen-bond acceptors (Lipinski definition) is 14. The van der Waals surface area contributed by atoms with Crippen molar-refractivity contribution in [2.75, 3.05) is 40.6 Å². The summed E-state index contributed by atoms with van der Waals surface area (Å²) >= 11 is 0. The molecule has 14 nitrogen and oxygen atoms in total. The van der Waals surface area contributed by atoms with Gasteiger partial charge in [-0.25, -0.2) is 9.59 Å². The van der Waals surface area contributed by atoms with E-state index in [4.69, 9.17) is 51.8 Å². The van der Waals surface area contributed by atoms with Crippen LogP contribution in [0.3, 0.4) is 0 Å². The largest absolute Gasteiger partial charge is 0.497 e.